The van der Waals surface area contributed by atoms with Crippen molar-refractivity contribution < 1.29 is 0 Å². The Morgan fingerprint density at radius 2 is 1.96 bits per heavy atom. The molecule has 0 amide bonds. The standard InChI is InChI=1S/C18H19ClN4/c19-15-2-4-18-22-11-17(23(18)12-15)16-3-1-14(10-21-16)9-13-5-7-20-8-6-13/h1-4,10-13,20H,5-9H2. The van der Waals surface area contributed by atoms with Crippen LogP contribution in [0.4, 0.5) is 0 Å². The van der Waals surface area contributed by atoms with E-state index in [4.69, 9.17) is 11.6 Å². The first kappa shape index (κ1) is 14.7. The summed E-state index contributed by atoms with van der Waals surface area (Å²) >= 11 is 6.09. The predicted octanol–water partition coefficient (Wildman–Crippen LogP) is 3.59. The van der Waals surface area contributed by atoms with E-state index >= 15 is 0 Å². The normalized spacial score (nSPS) is 16.0. The summed E-state index contributed by atoms with van der Waals surface area (Å²) in [6.45, 7) is 2.28. The monoisotopic (exact) mass is 326 g/mol. The summed E-state index contributed by atoms with van der Waals surface area (Å²) < 4.78 is 1.98. The van der Waals surface area contributed by atoms with Gasteiger partial charge in [-0.25, -0.2) is 4.98 Å². The number of nitrogens with zero attached hydrogens (tertiary/aromatic N) is 3. The summed E-state index contributed by atoms with van der Waals surface area (Å²) in [5, 5.41) is 4.11. The van der Waals surface area contributed by atoms with Gasteiger partial charge in [-0.05, 0) is 62.0 Å². The molecule has 3 aromatic rings. The molecule has 4 nitrogen and oxygen atoms in total. The van der Waals surface area contributed by atoms with E-state index < -0.39 is 0 Å². The maximum absolute atomic E-state index is 6.09. The Balaban J connectivity index is 1.58. The zero-order valence-electron chi connectivity index (χ0n) is 12.9. The fraction of sp³-hybridized carbons (Fsp3) is 0.333. The average Bonchev–Trinajstić information content (AvgIpc) is 2.99. The highest BCUT2D eigenvalue weighted by Gasteiger charge is 2.14. The highest BCUT2D eigenvalue weighted by molar-refractivity contribution is 6.30. The van der Waals surface area contributed by atoms with Gasteiger partial charge in [0.05, 0.1) is 22.6 Å². The molecule has 0 saturated carbocycles. The third-order valence-corrected chi connectivity index (χ3v) is 4.76. The number of piperidine rings is 1. The Labute approximate surface area is 140 Å². The van der Waals surface area contributed by atoms with Crippen LogP contribution in [-0.4, -0.2) is 27.5 Å². The topological polar surface area (TPSA) is 42.2 Å². The lowest BCUT2D eigenvalue weighted by molar-refractivity contribution is 0.372. The van der Waals surface area contributed by atoms with Gasteiger partial charge in [0.1, 0.15) is 5.65 Å². The van der Waals surface area contributed by atoms with Gasteiger partial charge in [0.15, 0.2) is 0 Å². The third kappa shape index (κ3) is 3.09. The molecule has 0 aromatic carbocycles. The highest BCUT2D eigenvalue weighted by atomic mass is 35.5. The Morgan fingerprint density at radius 1 is 1.09 bits per heavy atom. The van der Waals surface area contributed by atoms with E-state index in [1.807, 2.05) is 35.1 Å². The maximum Gasteiger partial charge on any atom is 0.137 e. The van der Waals surface area contributed by atoms with Gasteiger partial charge in [-0.3, -0.25) is 9.38 Å². The molecule has 3 aromatic heterocycles. The van der Waals surface area contributed by atoms with Crippen LogP contribution in [0, 0.1) is 5.92 Å². The molecule has 118 valence electrons. The maximum atomic E-state index is 6.09. The van der Waals surface area contributed by atoms with Gasteiger partial charge in [0.25, 0.3) is 0 Å². The number of fused-ring (bicyclic) bond motifs is 1. The Hall–Kier alpha value is -1.91. The van der Waals surface area contributed by atoms with Crippen LogP contribution < -0.4 is 5.32 Å². The molecule has 5 heteroatoms. The molecule has 4 rings (SSSR count). The fourth-order valence-corrected chi connectivity index (χ4v) is 3.42. The molecule has 0 aliphatic carbocycles. The number of imidazole rings is 1. The number of rotatable bonds is 3. The number of aromatic nitrogens is 3. The lowest BCUT2D eigenvalue weighted by Gasteiger charge is -2.22. The van der Waals surface area contributed by atoms with E-state index in [2.05, 4.69) is 27.4 Å². The van der Waals surface area contributed by atoms with Gasteiger partial charge in [0, 0.05) is 12.4 Å². The lowest BCUT2D eigenvalue weighted by atomic mass is 9.91. The Kier molecular flexibility index (Phi) is 4.02. The summed E-state index contributed by atoms with van der Waals surface area (Å²) in [6.07, 6.45) is 9.36. The average molecular weight is 327 g/mol. The van der Waals surface area contributed by atoms with Crippen molar-refractivity contribution in [1.29, 1.82) is 0 Å². The smallest absolute Gasteiger partial charge is 0.137 e. The van der Waals surface area contributed by atoms with Crippen LogP contribution >= 0.6 is 11.6 Å². The summed E-state index contributed by atoms with van der Waals surface area (Å²) in [6, 6.07) is 8.04. The molecule has 1 N–H and O–H groups in total. The van der Waals surface area contributed by atoms with E-state index in [9.17, 15) is 0 Å². The van der Waals surface area contributed by atoms with Crippen molar-refractivity contribution >= 4 is 17.2 Å². The van der Waals surface area contributed by atoms with Gasteiger partial charge < -0.3 is 5.32 Å². The molecule has 23 heavy (non-hydrogen) atoms. The molecule has 0 bridgehead atoms. The fourth-order valence-electron chi connectivity index (χ4n) is 3.26. The van der Waals surface area contributed by atoms with Crippen LogP contribution in [0.15, 0.2) is 42.9 Å². The number of hydrogen-bond acceptors (Lipinski definition) is 3. The second-order valence-electron chi connectivity index (χ2n) is 6.17. The number of hydrogen-bond donors (Lipinski definition) is 1. The van der Waals surface area contributed by atoms with Gasteiger partial charge >= 0.3 is 0 Å². The van der Waals surface area contributed by atoms with Crippen LogP contribution in [0.1, 0.15) is 18.4 Å². The van der Waals surface area contributed by atoms with Crippen LogP contribution in [0.25, 0.3) is 17.0 Å². The van der Waals surface area contributed by atoms with Crippen LogP contribution in [0.3, 0.4) is 0 Å². The minimum absolute atomic E-state index is 0.694. The zero-order valence-corrected chi connectivity index (χ0v) is 13.6. The zero-order chi connectivity index (χ0) is 15.6. The molecule has 0 radical (unpaired) electrons. The molecular weight excluding hydrogens is 308 g/mol. The van der Waals surface area contributed by atoms with Crippen molar-refractivity contribution in [2.24, 2.45) is 5.92 Å². The second-order valence-corrected chi connectivity index (χ2v) is 6.60. The van der Waals surface area contributed by atoms with E-state index in [-0.39, 0.29) is 0 Å². The van der Waals surface area contributed by atoms with Crippen molar-refractivity contribution in [2.75, 3.05) is 13.1 Å². The summed E-state index contributed by atoms with van der Waals surface area (Å²) in [5.74, 6) is 0.776. The third-order valence-electron chi connectivity index (χ3n) is 4.54. The Morgan fingerprint density at radius 3 is 2.74 bits per heavy atom. The van der Waals surface area contributed by atoms with E-state index in [1.165, 1.54) is 18.4 Å². The van der Waals surface area contributed by atoms with Crippen molar-refractivity contribution in [2.45, 2.75) is 19.3 Å². The van der Waals surface area contributed by atoms with Crippen molar-refractivity contribution in [1.82, 2.24) is 19.7 Å². The van der Waals surface area contributed by atoms with E-state index in [0.29, 0.717) is 5.02 Å². The lowest BCUT2D eigenvalue weighted by Crippen LogP contribution is -2.28. The highest BCUT2D eigenvalue weighted by Crippen LogP contribution is 2.23. The van der Waals surface area contributed by atoms with Gasteiger partial charge in [-0.15, -0.1) is 0 Å². The number of nitrogens with one attached hydrogen (secondary N) is 1. The van der Waals surface area contributed by atoms with Crippen LogP contribution in [-0.2, 0) is 6.42 Å². The van der Waals surface area contributed by atoms with Crippen molar-refractivity contribution in [3.05, 3.63) is 53.4 Å². The molecule has 0 unspecified atom stereocenters. The molecule has 1 fully saturated rings. The van der Waals surface area contributed by atoms with E-state index in [1.54, 1.807) is 0 Å². The minimum Gasteiger partial charge on any atom is -0.317 e. The largest absolute Gasteiger partial charge is 0.317 e. The van der Waals surface area contributed by atoms with Crippen LogP contribution in [0.2, 0.25) is 5.02 Å². The molecular formula is C18H19ClN4. The van der Waals surface area contributed by atoms with Gasteiger partial charge in [-0.2, -0.15) is 0 Å². The second kappa shape index (κ2) is 6.30. The quantitative estimate of drug-likeness (QED) is 0.799. The molecule has 0 atom stereocenters. The number of pyridine rings is 2. The Bertz CT molecular complexity index is 804. The van der Waals surface area contributed by atoms with Crippen LogP contribution in [0.5, 0.6) is 0 Å². The minimum atomic E-state index is 0.694. The molecule has 1 aliphatic rings. The summed E-state index contributed by atoms with van der Waals surface area (Å²) in [5.41, 5.74) is 4.09. The predicted molar refractivity (Wildman–Crippen MR) is 92.7 cm³/mol. The molecule has 4 heterocycles. The van der Waals surface area contributed by atoms with Gasteiger partial charge in [-0.1, -0.05) is 17.7 Å². The summed E-state index contributed by atoms with van der Waals surface area (Å²) in [4.78, 5) is 9.06. The first-order valence-electron chi connectivity index (χ1n) is 8.08. The molecule has 1 saturated heterocycles. The van der Waals surface area contributed by atoms with Gasteiger partial charge in [0.2, 0.25) is 0 Å². The van der Waals surface area contributed by atoms with Crippen molar-refractivity contribution in [3.63, 3.8) is 0 Å². The summed E-state index contributed by atoms with van der Waals surface area (Å²) in [7, 11) is 0. The first-order valence-corrected chi connectivity index (χ1v) is 8.46. The molecule has 1 aliphatic heterocycles. The number of halogens is 1. The molecule has 0 spiro atoms. The SMILES string of the molecule is Clc1ccc2ncc(-c3ccc(CC4CCNCC4)cn3)n2c1. The first-order chi connectivity index (χ1) is 11.3. The van der Waals surface area contributed by atoms with Crippen molar-refractivity contribution in [3.8, 4) is 11.4 Å². The van der Waals surface area contributed by atoms with E-state index in [0.717, 1.165) is 42.5 Å².